The topological polar surface area (TPSA) is 86.3 Å². The minimum absolute atomic E-state index is 0.0355. The number of carbonyl (C=O) groups is 2. The second-order valence-corrected chi connectivity index (χ2v) is 8.76. The molecule has 0 bridgehead atoms. The number of hydrogen-bond acceptors (Lipinski definition) is 6. The van der Waals surface area contributed by atoms with Crippen LogP contribution in [0, 0.1) is 0 Å². The van der Waals surface area contributed by atoms with Gasteiger partial charge >= 0.3 is 12.2 Å². The third kappa shape index (κ3) is 8.31. The molecule has 2 amide bonds. The molecular formula is C25H32N2O6. The minimum Gasteiger partial charge on any atom is -0.491 e. The number of para-hydroxylation sites is 1. The van der Waals surface area contributed by atoms with Gasteiger partial charge in [-0.1, -0.05) is 48.5 Å². The molecule has 0 radical (unpaired) electrons. The first-order valence-corrected chi connectivity index (χ1v) is 11.0. The van der Waals surface area contributed by atoms with Gasteiger partial charge in [0.05, 0.1) is 32.3 Å². The SMILES string of the molecule is CC(C)(C)OC(=O)N1CC(OCc2ccccc2OCCNC(=O)OCc2ccccc2)C1. The lowest BCUT2D eigenvalue weighted by atomic mass is 10.1. The van der Waals surface area contributed by atoms with Crippen molar-refractivity contribution in [1.29, 1.82) is 0 Å². The minimum atomic E-state index is -0.507. The molecule has 2 aromatic carbocycles. The van der Waals surface area contributed by atoms with Crippen LogP contribution in [0.25, 0.3) is 0 Å². The van der Waals surface area contributed by atoms with Crippen LogP contribution in [0.4, 0.5) is 9.59 Å². The number of alkyl carbamates (subject to hydrolysis) is 1. The van der Waals surface area contributed by atoms with E-state index in [2.05, 4.69) is 5.32 Å². The molecule has 1 aliphatic rings. The van der Waals surface area contributed by atoms with Crippen molar-refractivity contribution in [2.24, 2.45) is 0 Å². The summed E-state index contributed by atoms with van der Waals surface area (Å²) in [4.78, 5) is 25.5. The van der Waals surface area contributed by atoms with E-state index >= 15 is 0 Å². The smallest absolute Gasteiger partial charge is 0.410 e. The molecule has 0 unspecified atom stereocenters. The number of likely N-dealkylation sites (tertiary alicyclic amines) is 1. The van der Waals surface area contributed by atoms with Gasteiger partial charge in [0.25, 0.3) is 0 Å². The first kappa shape index (κ1) is 24.4. The van der Waals surface area contributed by atoms with Gasteiger partial charge in [-0.25, -0.2) is 9.59 Å². The molecule has 0 aliphatic carbocycles. The molecule has 3 rings (SSSR count). The van der Waals surface area contributed by atoms with Crippen LogP contribution in [0.2, 0.25) is 0 Å². The molecule has 0 spiro atoms. The average molecular weight is 457 g/mol. The van der Waals surface area contributed by atoms with E-state index in [-0.39, 0.29) is 18.8 Å². The number of nitrogens with zero attached hydrogens (tertiary/aromatic N) is 1. The second kappa shape index (κ2) is 11.6. The van der Waals surface area contributed by atoms with Crippen LogP contribution in [0.15, 0.2) is 54.6 Å². The Balaban J connectivity index is 1.33. The summed E-state index contributed by atoms with van der Waals surface area (Å²) in [6, 6.07) is 17.1. The normalized spacial score (nSPS) is 13.7. The van der Waals surface area contributed by atoms with Crippen LogP contribution in [-0.2, 0) is 27.4 Å². The Morgan fingerprint density at radius 3 is 2.42 bits per heavy atom. The van der Waals surface area contributed by atoms with Gasteiger partial charge in [0.2, 0.25) is 0 Å². The Morgan fingerprint density at radius 2 is 1.70 bits per heavy atom. The molecule has 33 heavy (non-hydrogen) atoms. The van der Waals surface area contributed by atoms with Crippen LogP contribution in [-0.4, -0.2) is 55.0 Å². The Hall–Kier alpha value is -3.26. The van der Waals surface area contributed by atoms with Gasteiger partial charge in [0.15, 0.2) is 0 Å². The van der Waals surface area contributed by atoms with Crippen molar-refractivity contribution in [3.05, 3.63) is 65.7 Å². The molecule has 178 valence electrons. The lowest BCUT2D eigenvalue weighted by Crippen LogP contribution is -2.55. The lowest BCUT2D eigenvalue weighted by molar-refractivity contribution is -0.0694. The van der Waals surface area contributed by atoms with E-state index in [9.17, 15) is 9.59 Å². The molecule has 8 nitrogen and oxygen atoms in total. The van der Waals surface area contributed by atoms with Gasteiger partial charge in [-0.15, -0.1) is 0 Å². The van der Waals surface area contributed by atoms with E-state index in [0.717, 1.165) is 11.1 Å². The van der Waals surface area contributed by atoms with Gasteiger partial charge < -0.3 is 29.2 Å². The summed E-state index contributed by atoms with van der Waals surface area (Å²) in [5, 5.41) is 2.68. The van der Waals surface area contributed by atoms with E-state index in [1.807, 2.05) is 75.4 Å². The molecule has 0 saturated carbocycles. The summed E-state index contributed by atoms with van der Waals surface area (Å²) in [6.45, 7) is 7.76. The van der Waals surface area contributed by atoms with E-state index in [4.69, 9.17) is 18.9 Å². The summed E-state index contributed by atoms with van der Waals surface area (Å²) < 4.78 is 22.3. The molecule has 1 aliphatic heterocycles. The van der Waals surface area contributed by atoms with Crippen LogP contribution >= 0.6 is 0 Å². The monoisotopic (exact) mass is 456 g/mol. The van der Waals surface area contributed by atoms with Crippen molar-refractivity contribution in [3.8, 4) is 5.75 Å². The highest BCUT2D eigenvalue weighted by Crippen LogP contribution is 2.22. The molecule has 1 fully saturated rings. The maximum Gasteiger partial charge on any atom is 0.410 e. The zero-order chi connectivity index (χ0) is 23.7. The Labute approximate surface area is 194 Å². The van der Waals surface area contributed by atoms with Gasteiger partial charge in [0.1, 0.15) is 24.6 Å². The highest BCUT2D eigenvalue weighted by atomic mass is 16.6. The number of benzene rings is 2. The quantitative estimate of drug-likeness (QED) is 0.571. The molecule has 1 heterocycles. The van der Waals surface area contributed by atoms with E-state index in [1.165, 1.54) is 0 Å². The highest BCUT2D eigenvalue weighted by Gasteiger charge is 2.34. The number of hydrogen-bond donors (Lipinski definition) is 1. The maximum absolute atomic E-state index is 12.0. The van der Waals surface area contributed by atoms with Crippen molar-refractivity contribution in [1.82, 2.24) is 10.2 Å². The van der Waals surface area contributed by atoms with Crippen LogP contribution in [0.5, 0.6) is 5.75 Å². The van der Waals surface area contributed by atoms with Gasteiger partial charge in [-0.05, 0) is 32.4 Å². The van der Waals surface area contributed by atoms with Crippen LogP contribution in [0.3, 0.4) is 0 Å². The molecule has 1 saturated heterocycles. The van der Waals surface area contributed by atoms with Crippen molar-refractivity contribution < 1.29 is 28.5 Å². The average Bonchev–Trinajstić information content (AvgIpc) is 2.74. The number of rotatable bonds is 9. The first-order valence-electron chi connectivity index (χ1n) is 11.0. The maximum atomic E-state index is 12.0. The third-order valence-corrected chi connectivity index (χ3v) is 4.79. The van der Waals surface area contributed by atoms with Gasteiger partial charge in [-0.3, -0.25) is 0 Å². The van der Waals surface area contributed by atoms with Crippen molar-refractivity contribution in [3.63, 3.8) is 0 Å². The summed E-state index contributed by atoms with van der Waals surface area (Å²) in [5.74, 6) is 0.695. The molecule has 2 aromatic rings. The third-order valence-electron chi connectivity index (χ3n) is 4.79. The molecule has 0 atom stereocenters. The van der Waals surface area contributed by atoms with Crippen molar-refractivity contribution in [2.75, 3.05) is 26.2 Å². The Bertz CT molecular complexity index is 907. The standard InChI is InChI=1S/C25H32N2O6/c1-25(2,3)33-24(29)27-15-21(16-27)31-18-20-11-7-8-12-22(20)30-14-13-26-23(28)32-17-19-9-5-4-6-10-19/h4-12,21H,13-18H2,1-3H3,(H,26,28). The molecule has 8 heteroatoms. The number of ether oxygens (including phenoxy) is 4. The van der Waals surface area contributed by atoms with Gasteiger partial charge in [-0.2, -0.15) is 0 Å². The lowest BCUT2D eigenvalue weighted by Gasteiger charge is -2.39. The van der Waals surface area contributed by atoms with Crippen molar-refractivity contribution in [2.45, 2.75) is 45.7 Å². The summed E-state index contributed by atoms with van der Waals surface area (Å²) in [6.07, 6.45) is -0.842. The fraction of sp³-hybridized carbons (Fsp3) is 0.440. The Morgan fingerprint density at radius 1 is 1.00 bits per heavy atom. The summed E-state index contributed by atoms with van der Waals surface area (Å²) in [5.41, 5.74) is 1.32. The van der Waals surface area contributed by atoms with Gasteiger partial charge in [0, 0.05) is 5.56 Å². The summed E-state index contributed by atoms with van der Waals surface area (Å²) in [7, 11) is 0. The van der Waals surface area contributed by atoms with Crippen molar-refractivity contribution >= 4 is 12.2 Å². The van der Waals surface area contributed by atoms with E-state index < -0.39 is 11.7 Å². The highest BCUT2D eigenvalue weighted by molar-refractivity contribution is 5.69. The van der Waals surface area contributed by atoms with E-state index in [0.29, 0.717) is 38.6 Å². The number of carbonyl (C=O) groups excluding carboxylic acids is 2. The predicted molar refractivity (Wildman–Crippen MR) is 123 cm³/mol. The predicted octanol–water partition coefficient (Wildman–Crippen LogP) is 4.13. The second-order valence-electron chi connectivity index (χ2n) is 8.76. The fourth-order valence-corrected chi connectivity index (χ4v) is 3.08. The first-order chi connectivity index (χ1) is 15.8. The van der Waals surface area contributed by atoms with E-state index in [1.54, 1.807) is 4.90 Å². The zero-order valence-electron chi connectivity index (χ0n) is 19.4. The molecule has 0 aromatic heterocycles. The number of amides is 2. The number of nitrogens with one attached hydrogen (secondary N) is 1. The Kier molecular flexibility index (Phi) is 8.54. The molecular weight excluding hydrogens is 424 g/mol. The van der Waals surface area contributed by atoms with Crippen LogP contribution < -0.4 is 10.1 Å². The molecule has 1 N–H and O–H groups in total. The zero-order valence-corrected chi connectivity index (χ0v) is 19.4. The van der Waals surface area contributed by atoms with Crippen LogP contribution in [0.1, 0.15) is 31.9 Å². The largest absolute Gasteiger partial charge is 0.491 e. The fourth-order valence-electron chi connectivity index (χ4n) is 3.08. The summed E-state index contributed by atoms with van der Waals surface area (Å²) >= 11 is 0.